The summed E-state index contributed by atoms with van der Waals surface area (Å²) in [5.74, 6) is 0.0666. The third-order valence-corrected chi connectivity index (χ3v) is 5.77. The van der Waals surface area contributed by atoms with Gasteiger partial charge in [-0.2, -0.15) is 0 Å². The van der Waals surface area contributed by atoms with Gasteiger partial charge in [-0.15, -0.1) is 0 Å². The molecule has 7 nitrogen and oxygen atoms in total. The third-order valence-electron chi connectivity index (χ3n) is 4.94. The van der Waals surface area contributed by atoms with Crippen LogP contribution in [0.3, 0.4) is 0 Å². The molecule has 2 heterocycles. The van der Waals surface area contributed by atoms with Crippen LogP contribution in [0.25, 0.3) is 11.0 Å². The van der Waals surface area contributed by atoms with Gasteiger partial charge in [0.05, 0.1) is 23.6 Å². The summed E-state index contributed by atoms with van der Waals surface area (Å²) in [7, 11) is 3.60. The number of rotatable bonds is 5. The molecule has 0 spiro atoms. The lowest BCUT2D eigenvalue weighted by Crippen LogP contribution is -3.00. The summed E-state index contributed by atoms with van der Waals surface area (Å²) in [4.78, 5) is 17.1. The van der Waals surface area contributed by atoms with E-state index in [0.29, 0.717) is 27.7 Å². The Kier molecular flexibility index (Phi) is 7.61. The van der Waals surface area contributed by atoms with Crippen molar-refractivity contribution in [1.29, 1.82) is 0 Å². The van der Waals surface area contributed by atoms with Crippen LogP contribution in [0.2, 0.25) is 0 Å². The molecular formula is C19H25BrClN2O5-. The maximum atomic E-state index is 12.5. The number of hydrogen-bond acceptors (Lipinski definition) is 7. The van der Waals surface area contributed by atoms with Crippen LogP contribution in [0.5, 0.6) is 11.5 Å². The minimum atomic E-state index is -0.515. The Hall–Kier alpha value is -1.48. The molecule has 0 bridgehead atoms. The van der Waals surface area contributed by atoms with Crippen molar-refractivity contribution in [1.82, 2.24) is 9.80 Å². The van der Waals surface area contributed by atoms with Crippen molar-refractivity contribution in [3.63, 3.8) is 0 Å². The lowest BCUT2D eigenvalue weighted by Gasteiger charge is -2.32. The molecule has 0 atom stereocenters. The molecule has 1 aliphatic rings. The Balaban J connectivity index is 0.00000280. The first-order chi connectivity index (χ1) is 12.9. The molecule has 0 unspecified atom stereocenters. The molecule has 1 aromatic carbocycles. The molecule has 1 N–H and O–H groups in total. The highest BCUT2D eigenvalue weighted by atomic mass is 79.9. The van der Waals surface area contributed by atoms with Gasteiger partial charge in [0.1, 0.15) is 16.9 Å². The van der Waals surface area contributed by atoms with E-state index in [2.05, 4.69) is 32.8 Å². The smallest absolute Gasteiger partial charge is 0.342 e. The Morgan fingerprint density at radius 2 is 1.93 bits per heavy atom. The van der Waals surface area contributed by atoms with Crippen LogP contribution in [0, 0.1) is 6.92 Å². The van der Waals surface area contributed by atoms with E-state index in [1.54, 1.807) is 13.8 Å². The second kappa shape index (κ2) is 9.35. The topological polar surface area (TPSA) is 75.4 Å². The van der Waals surface area contributed by atoms with Gasteiger partial charge in [-0.1, -0.05) is 0 Å². The minimum absolute atomic E-state index is 0. The Bertz CT molecular complexity index is 862. The Morgan fingerprint density at radius 3 is 2.50 bits per heavy atom. The second-order valence-corrected chi connectivity index (χ2v) is 7.50. The zero-order valence-corrected chi connectivity index (χ0v) is 18.8. The van der Waals surface area contributed by atoms with Gasteiger partial charge >= 0.3 is 5.97 Å². The number of ether oxygens (including phenoxy) is 2. The van der Waals surface area contributed by atoms with Gasteiger partial charge in [0.15, 0.2) is 11.5 Å². The number of carbonyl (C=O) groups excluding carboxylic acids is 1. The Morgan fingerprint density at radius 1 is 1.29 bits per heavy atom. The SMILES string of the molecule is CCOC(=O)c1c(C)oc2c(CN3CCN(C)CC3)c(Br)c(OC)c(O)c12.[Cl-]. The van der Waals surface area contributed by atoms with Crippen molar-refractivity contribution < 1.29 is 36.2 Å². The number of aryl methyl sites for hydroxylation is 1. The predicted octanol–water partition coefficient (Wildman–Crippen LogP) is 0.146. The Labute approximate surface area is 179 Å². The first-order valence-corrected chi connectivity index (χ1v) is 9.76. The van der Waals surface area contributed by atoms with E-state index in [9.17, 15) is 9.90 Å². The average Bonchev–Trinajstić information content (AvgIpc) is 2.98. The van der Waals surface area contributed by atoms with Crippen LogP contribution in [-0.4, -0.2) is 67.8 Å². The van der Waals surface area contributed by atoms with E-state index >= 15 is 0 Å². The fourth-order valence-electron chi connectivity index (χ4n) is 3.44. The van der Waals surface area contributed by atoms with Crippen molar-refractivity contribution >= 4 is 32.9 Å². The number of halogens is 2. The number of carbonyl (C=O) groups is 1. The van der Waals surface area contributed by atoms with E-state index < -0.39 is 5.97 Å². The number of phenolic OH excluding ortho intramolecular Hbond substituents is 1. The highest BCUT2D eigenvalue weighted by Crippen LogP contribution is 2.47. The summed E-state index contributed by atoms with van der Waals surface area (Å²) in [6.45, 7) is 8.14. The number of esters is 1. The fourth-order valence-corrected chi connectivity index (χ4v) is 4.10. The summed E-state index contributed by atoms with van der Waals surface area (Å²) in [5.41, 5.74) is 1.58. The molecule has 9 heteroatoms. The van der Waals surface area contributed by atoms with Crippen LogP contribution in [0.4, 0.5) is 0 Å². The van der Waals surface area contributed by atoms with Gasteiger partial charge in [0.25, 0.3) is 0 Å². The molecule has 156 valence electrons. The molecule has 1 aliphatic heterocycles. The monoisotopic (exact) mass is 475 g/mol. The third kappa shape index (κ3) is 4.10. The fraction of sp³-hybridized carbons (Fsp3) is 0.526. The largest absolute Gasteiger partial charge is 1.00 e. The summed E-state index contributed by atoms with van der Waals surface area (Å²) in [5, 5.41) is 11.1. The summed E-state index contributed by atoms with van der Waals surface area (Å²) in [6.07, 6.45) is 0. The van der Waals surface area contributed by atoms with E-state index in [4.69, 9.17) is 13.9 Å². The lowest BCUT2D eigenvalue weighted by molar-refractivity contribution is -0.0000258. The lowest BCUT2D eigenvalue weighted by atomic mass is 10.0. The van der Waals surface area contributed by atoms with Crippen LogP contribution in [0.1, 0.15) is 28.6 Å². The molecule has 3 rings (SSSR count). The van der Waals surface area contributed by atoms with Crippen molar-refractivity contribution in [3.8, 4) is 11.5 Å². The molecular weight excluding hydrogens is 452 g/mol. The first-order valence-electron chi connectivity index (χ1n) is 8.97. The molecule has 28 heavy (non-hydrogen) atoms. The molecule has 1 saturated heterocycles. The van der Waals surface area contributed by atoms with Gasteiger partial charge in [0, 0.05) is 38.3 Å². The maximum Gasteiger partial charge on any atom is 0.342 e. The number of furan rings is 1. The van der Waals surface area contributed by atoms with E-state index in [1.165, 1.54) is 7.11 Å². The second-order valence-electron chi connectivity index (χ2n) is 6.71. The molecule has 0 aliphatic carbocycles. The van der Waals surface area contributed by atoms with Crippen molar-refractivity contribution in [3.05, 3.63) is 21.4 Å². The molecule has 0 saturated carbocycles. The van der Waals surface area contributed by atoms with Crippen molar-refractivity contribution in [2.45, 2.75) is 20.4 Å². The van der Waals surface area contributed by atoms with Gasteiger partial charge in [-0.05, 0) is 36.8 Å². The zero-order chi connectivity index (χ0) is 19.7. The highest BCUT2D eigenvalue weighted by Gasteiger charge is 2.30. The quantitative estimate of drug-likeness (QED) is 0.616. The van der Waals surface area contributed by atoms with Crippen LogP contribution in [-0.2, 0) is 11.3 Å². The number of hydrogen-bond donors (Lipinski definition) is 1. The average molecular weight is 477 g/mol. The van der Waals surface area contributed by atoms with E-state index in [1.807, 2.05) is 0 Å². The molecule has 0 amide bonds. The number of methoxy groups -OCH3 is 1. The van der Waals surface area contributed by atoms with E-state index in [0.717, 1.165) is 31.7 Å². The number of fused-ring (bicyclic) bond motifs is 1. The number of likely N-dealkylation sites (N-methyl/N-ethyl adjacent to an activating group) is 1. The predicted molar refractivity (Wildman–Crippen MR) is 106 cm³/mol. The molecule has 1 aromatic heterocycles. The minimum Gasteiger partial charge on any atom is -1.00 e. The van der Waals surface area contributed by atoms with Crippen LogP contribution >= 0.6 is 15.9 Å². The number of piperazine rings is 1. The molecule has 0 radical (unpaired) electrons. The number of phenols is 1. The van der Waals surface area contributed by atoms with Gasteiger partial charge in [0.2, 0.25) is 0 Å². The molecule has 2 aromatic rings. The van der Waals surface area contributed by atoms with Crippen molar-refractivity contribution in [2.24, 2.45) is 0 Å². The van der Waals surface area contributed by atoms with Crippen LogP contribution < -0.4 is 17.1 Å². The van der Waals surface area contributed by atoms with Crippen molar-refractivity contribution in [2.75, 3.05) is 46.9 Å². The van der Waals surface area contributed by atoms with Gasteiger partial charge in [-0.3, -0.25) is 4.90 Å². The first kappa shape index (κ1) is 22.8. The molecule has 1 fully saturated rings. The van der Waals surface area contributed by atoms with E-state index in [-0.39, 0.29) is 36.1 Å². The number of benzene rings is 1. The van der Waals surface area contributed by atoms with Gasteiger partial charge < -0.3 is 36.3 Å². The van der Waals surface area contributed by atoms with Gasteiger partial charge in [-0.25, -0.2) is 4.79 Å². The maximum absolute atomic E-state index is 12.5. The zero-order valence-electron chi connectivity index (χ0n) is 16.5. The number of nitrogens with zero attached hydrogens (tertiary/aromatic N) is 2. The summed E-state index contributed by atoms with van der Waals surface area (Å²) in [6, 6.07) is 0. The standard InChI is InChI=1S/C19H25BrN2O5.ClH/c1-5-26-19(24)13-11(2)27-17-12(10-22-8-6-21(3)7-9-22)15(20)18(25-4)16(23)14(13)17;/h23H,5-10H2,1-4H3;1H/p-1. The summed E-state index contributed by atoms with van der Waals surface area (Å²) >= 11 is 3.56. The normalized spacial score (nSPS) is 15.5. The highest BCUT2D eigenvalue weighted by molar-refractivity contribution is 9.10. The number of aromatic hydroxyl groups is 1. The summed E-state index contributed by atoms with van der Waals surface area (Å²) < 4.78 is 17.1. The van der Waals surface area contributed by atoms with Crippen LogP contribution in [0.15, 0.2) is 8.89 Å².